The van der Waals surface area contributed by atoms with E-state index in [1.165, 1.54) is 29.2 Å². The molecule has 1 unspecified atom stereocenters. The van der Waals surface area contributed by atoms with E-state index in [-0.39, 0.29) is 31.9 Å². The first-order valence-corrected chi connectivity index (χ1v) is 9.48. The van der Waals surface area contributed by atoms with E-state index in [9.17, 15) is 19.1 Å². The van der Waals surface area contributed by atoms with E-state index in [1.807, 2.05) is 30.3 Å². The second-order valence-corrected chi connectivity index (χ2v) is 6.66. The molecule has 156 valence electrons. The molecule has 1 aliphatic heterocycles. The fourth-order valence-corrected chi connectivity index (χ4v) is 3.31. The number of benzene rings is 2. The van der Waals surface area contributed by atoms with Crippen LogP contribution in [0.4, 0.5) is 4.39 Å². The summed E-state index contributed by atoms with van der Waals surface area (Å²) >= 11 is 0. The molecule has 0 spiro atoms. The summed E-state index contributed by atoms with van der Waals surface area (Å²) in [5.41, 5.74) is 1.04. The van der Waals surface area contributed by atoms with Gasteiger partial charge in [-0.15, -0.1) is 0 Å². The molecule has 0 saturated heterocycles. The predicted octanol–water partition coefficient (Wildman–Crippen LogP) is 2.81. The van der Waals surface area contributed by atoms with Crippen molar-refractivity contribution in [2.24, 2.45) is 0 Å². The summed E-state index contributed by atoms with van der Waals surface area (Å²) in [7, 11) is 0. The van der Waals surface area contributed by atoms with Crippen LogP contribution in [0.25, 0.3) is 6.08 Å². The molecule has 0 saturated carbocycles. The van der Waals surface area contributed by atoms with Gasteiger partial charge in [-0.1, -0.05) is 48.5 Å². The maximum atomic E-state index is 13.9. The Morgan fingerprint density at radius 2 is 1.90 bits per heavy atom. The topological polar surface area (TPSA) is 87.1 Å². The summed E-state index contributed by atoms with van der Waals surface area (Å²) in [5, 5.41) is 19.3. The number of amides is 1. The maximum absolute atomic E-state index is 13.9. The molecule has 2 aromatic rings. The number of carbonyl (C=O) groups is 2. The Morgan fingerprint density at radius 3 is 2.60 bits per heavy atom. The van der Waals surface area contributed by atoms with Gasteiger partial charge in [0.2, 0.25) is 0 Å². The number of hydrogen-bond donors (Lipinski definition) is 2. The van der Waals surface area contributed by atoms with Crippen LogP contribution in [0.15, 0.2) is 72.0 Å². The van der Waals surface area contributed by atoms with Crippen LogP contribution < -0.4 is 0 Å². The van der Waals surface area contributed by atoms with E-state index >= 15 is 0 Å². The van der Waals surface area contributed by atoms with Gasteiger partial charge in [-0.3, -0.25) is 9.59 Å². The highest BCUT2D eigenvalue weighted by atomic mass is 19.1. The molecule has 1 aliphatic rings. The van der Waals surface area contributed by atoms with E-state index in [0.29, 0.717) is 5.56 Å². The number of halogens is 1. The number of allylic oxidation sites excluding steroid dienone is 1. The predicted molar refractivity (Wildman–Crippen MR) is 109 cm³/mol. The molecule has 0 fully saturated rings. The quantitative estimate of drug-likeness (QED) is 0.490. The highest BCUT2D eigenvalue weighted by Gasteiger charge is 2.42. The first-order valence-electron chi connectivity index (χ1n) is 9.48. The molecule has 1 atom stereocenters. The molecule has 6 nitrogen and oxygen atoms in total. The monoisotopic (exact) mass is 411 g/mol. The van der Waals surface area contributed by atoms with E-state index in [1.54, 1.807) is 12.1 Å². The molecule has 2 aromatic carbocycles. The Balaban J connectivity index is 1.92. The zero-order valence-corrected chi connectivity index (χ0v) is 16.2. The maximum Gasteiger partial charge on any atom is 0.290 e. The Hall–Kier alpha value is -3.29. The van der Waals surface area contributed by atoms with Gasteiger partial charge in [0.05, 0.1) is 31.4 Å². The fourth-order valence-electron chi connectivity index (χ4n) is 3.31. The summed E-state index contributed by atoms with van der Waals surface area (Å²) in [5.74, 6) is -2.45. The van der Waals surface area contributed by atoms with E-state index in [2.05, 4.69) is 0 Å². The Morgan fingerprint density at radius 1 is 1.13 bits per heavy atom. The SMILES string of the molecule is O=C(/C=C/c1ccccc1)C1=C(O)C(=O)N(CCOCCO)C1c1cccc(F)c1. The zero-order chi connectivity index (χ0) is 21.5. The largest absolute Gasteiger partial charge is 0.503 e. The second kappa shape index (κ2) is 9.96. The molecule has 0 aliphatic carbocycles. The second-order valence-electron chi connectivity index (χ2n) is 6.66. The van der Waals surface area contributed by atoms with Gasteiger partial charge in [0, 0.05) is 6.54 Å². The van der Waals surface area contributed by atoms with Crippen molar-refractivity contribution in [2.75, 3.05) is 26.4 Å². The minimum absolute atomic E-state index is 0.0588. The lowest BCUT2D eigenvalue weighted by Gasteiger charge is -2.26. The Labute approximate surface area is 173 Å². The fraction of sp³-hybridized carbons (Fsp3) is 0.217. The third-order valence-corrected chi connectivity index (χ3v) is 4.67. The van der Waals surface area contributed by atoms with Crippen molar-refractivity contribution in [1.29, 1.82) is 0 Å². The molecule has 0 aromatic heterocycles. The Kier molecular flexibility index (Phi) is 7.11. The molecule has 7 heteroatoms. The lowest BCUT2D eigenvalue weighted by atomic mass is 9.95. The first-order chi connectivity index (χ1) is 14.5. The minimum Gasteiger partial charge on any atom is -0.503 e. The molecular formula is C23H22FNO5. The molecule has 0 bridgehead atoms. The molecular weight excluding hydrogens is 389 g/mol. The van der Waals surface area contributed by atoms with Crippen LogP contribution in [-0.4, -0.2) is 53.2 Å². The average Bonchev–Trinajstić information content (AvgIpc) is 3.01. The highest BCUT2D eigenvalue weighted by molar-refractivity contribution is 6.14. The van der Waals surface area contributed by atoms with Crippen molar-refractivity contribution in [1.82, 2.24) is 4.90 Å². The number of aliphatic hydroxyl groups excluding tert-OH is 2. The number of carbonyl (C=O) groups excluding carboxylic acids is 2. The highest BCUT2D eigenvalue weighted by Crippen LogP contribution is 2.38. The van der Waals surface area contributed by atoms with Crippen molar-refractivity contribution in [3.8, 4) is 0 Å². The van der Waals surface area contributed by atoms with Crippen LogP contribution in [0.2, 0.25) is 0 Å². The van der Waals surface area contributed by atoms with Gasteiger partial charge >= 0.3 is 0 Å². The van der Waals surface area contributed by atoms with Crippen molar-refractivity contribution < 1.29 is 28.9 Å². The standard InChI is InChI=1S/C23H22FNO5/c24-18-8-4-7-17(15-18)21-20(19(27)10-9-16-5-2-1-3-6-16)22(28)23(29)25(21)11-13-30-14-12-26/h1-10,15,21,26,28H,11-14H2/b10-9+. The van der Waals surface area contributed by atoms with Crippen LogP contribution >= 0.6 is 0 Å². The van der Waals surface area contributed by atoms with Gasteiger partial charge in [-0.2, -0.15) is 0 Å². The van der Waals surface area contributed by atoms with Crippen LogP contribution in [0.3, 0.4) is 0 Å². The van der Waals surface area contributed by atoms with E-state index in [0.717, 1.165) is 5.56 Å². The normalized spacial score (nSPS) is 16.7. The van der Waals surface area contributed by atoms with Crippen LogP contribution in [0.1, 0.15) is 17.2 Å². The molecule has 1 heterocycles. The average molecular weight is 411 g/mol. The van der Waals surface area contributed by atoms with Crippen molar-refractivity contribution in [3.05, 3.63) is 88.9 Å². The molecule has 2 N–H and O–H groups in total. The summed E-state index contributed by atoms with van der Waals surface area (Å²) in [6.45, 7) is 0.0758. The van der Waals surface area contributed by atoms with E-state index < -0.39 is 29.3 Å². The number of rotatable bonds is 9. The molecule has 1 amide bonds. The van der Waals surface area contributed by atoms with Gasteiger partial charge in [0.25, 0.3) is 5.91 Å². The van der Waals surface area contributed by atoms with Crippen molar-refractivity contribution >= 4 is 17.8 Å². The summed E-state index contributed by atoms with van der Waals surface area (Å²) in [4.78, 5) is 26.9. The van der Waals surface area contributed by atoms with Crippen molar-refractivity contribution in [3.63, 3.8) is 0 Å². The number of ether oxygens (including phenoxy) is 1. The van der Waals surface area contributed by atoms with Gasteiger partial charge < -0.3 is 19.8 Å². The minimum atomic E-state index is -0.946. The number of aliphatic hydroxyl groups is 2. The van der Waals surface area contributed by atoms with Gasteiger partial charge in [0.15, 0.2) is 11.5 Å². The number of hydrogen-bond acceptors (Lipinski definition) is 5. The van der Waals surface area contributed by atoms with Gasteiger partial charge in [0.1, 0.15) is 5.82 Å². The zero-order valence-electron chi connectivity index (χ0n) is 16.2. The molecule has 0 radical (unpaired) electrons. The lowest BCUT2D eigenvalue weighted by Crippen LogP contribution is -2.34. The van der Waals surface area contributed by atoms with Crippen LogP contribution in [-0.2, 0) is 14.3 Å². The van der Waals surface area contributed by atoms with Gasteiger partial charge in [-0.25, -0.2) is 4.39 Å². The number of nitrogens with zero attached hydrogens (tertiary/aromatic N) is 1. The third-order valence-electron chi connectivity index (χ3n) is 4.67. The Bertz CT molecular complexity index is 971. The third kappa shape index (κ3) is 4.82. The summed E-state index contributed by atoms with van der Waals surface area (Å²) in [6.07, 6.45) is 2.87. The summed E-state index contributed by atoms with van der Waals surface area (Å²) < 4.78 is 19.1. The van der Waals surface area contributed by atoms with Crippen LogP contribution in [0.5, 0.6) is 0 Å². The van der Waals surface area contributed by atoms with E-state index in [4.69, 9.17) is 9.84 Å². The lowest BCUT2D eigenvalue weighted by molar-refractivity contribution is -0.130. The first kappa shape index (κ1) is 21.4. The smallest absolute Gasteiger partial charge is 0.290 e. The molecule has 3 rings (SSSR count). The summed E-state index contributed by atoms with van der Waals surface area (Å²) in [6, 6.07) is 13.7. The van der Waals surface area contributed by atoms with Crippen LogP contribution in [0, 0.1) is 5.82 Å². The van der Waals surface area contributed by atoms with Crippen molar-refractivity contribution in [2.45, 2.75) is 6.04 Å². The van der Waals surface area contributed by atoms with Gasteiger partial charge in [-0.05, 0) is 29.3 Å². The number of ketones is 1. The molecule has 30 heavy (non-hydrogen) atoms.